The number of hydrogen-bond donors (Lipinski definition) is 0. The third-order valence-corrected chi connectivity index (χ3v) is 3.91. The lowest BCUT2D eigenvalue weighted by molar-refractivity contribution is -0.0498. The Balaban J connectivity index is 1.88. The maximum Gasteiger partial charge on any atom is 0.387 e. The number of carbonyl (C=O) groups excluding carboxylic acids is 1. The number of alkyl halides is 2. The zero-order valence-corrected chi connectivity index (χ0v) is 14.7. The van der Waals surface area contributed by atoms with Gasteiger partial charge in [-0.3, -0.25) is 4.79 Å². The summed E-state index contributed by atoms with van der Waals surface area (Å²) >= 11 is 0. The van der Waals surface area contributed by atoms with Crippen molar-refractivity contribution in [1.29, 1.82) is 0 Å². The molecule has 0 aliphatic heterocycles. The molecule has 0 saturated heterocycles. The minimum Gasteiger partial charge on any atom is -0.435 e. The van der Waals surface area contributed by atoms with Crippen LogP contribution in [0.15, 0.2) is 77.9 Å². The Morgan fingerprint density at radius 1 is 1.07 bits per heavy atom. The zero-order chi connectivity index (χ0) is 19.2. The van der Waals surface area contributed by atoms with Crippen molar-refractivity contribution in [3.05, 3.63) is 95.1 Å². The van der Waals surface area contributed by atoms with E-state index in [0.717, 1.165) is 5.56 Å². The van der Waals surface area contributed by atoms with Crippen molar-refractivity contribution in [2.45, 2.75) is 20.1 Å². The number of aromatic nitrogens is 1. The second-order valence-corrected chi connectivity index (χ2v) is 6.00. The summed E-state index contributed by atoms with van der Waals surface area (Å²) < 4.78 is 30.9. The van der Waals surface area contributed by atoms with Crippen LogP contribution in [0.4, 0.5) is 8.78 Å². The van der Waals surface area contributed by atoms with E-state index in [0.29, 0.717) is 12.0 Å². The van der Waals surface area contributed by atoms with E-state index < -0.39 is 12.5 Å². The highest BCUT2D eigenvalue weighted by Gasteiger charge is 2.09. The Labute approximate surface area is 155 Å². The van der Waals surface area contributed by atoms with Crippen LogP contribution in [0.2, 0.25) is 0 Å². The molecular formula is C21H18F2N2O2. The summed E-state index contributed by atoms with van der Waals surface area (Å²) in [5.41, 5.74) is 2.90. The van der Waals surface area contributed by atoms with Crippen molar-refractivity contribution in [3.63, 3.8) is 0 Å². The van der Waals surface area contributed by atoms with Gasteiger partial charge in [-0.05, 0) is 42.8 Å². The molecule has 0 saturated carbocycles. The number of rotatable bonds is 5. The number of ether oxygens (including phenoxy) is 1. The van der Waals surface area contributed by atoms with Crippen LogP contribution >= 0.6 is 0 Å². The molecule has 0 unspecified atom stereocenters. The molecule has 6 heteroatoms. The Hall–Kier alpha value is -3.28. The van der Waals surface area contributed by atoms with Gasteiger partial charge in [-0.1, -0.05) is 42.0 Å². The van der Waals surface area contributed by atoms with Gasteiger partial charge in [0, 0.05) is 18.3 Å². The number of nitrogens with zero attached hydrogens (tertiary/aromatic N) is 2. The lowest BCUT2D eigenvalue weighted by Crippen LogP contribution is -2.22. The van der Waals surface area contributed by atoms with Crippen LogP contribution in [0.25, 0.3) is 0 Å². The molecular weight excluding hydrogens is 350 g/mol. The van der Waals surface area contributed by atoms with Crippen molar-refractivity contribution >= 4 is 5.91 Å². The average Bonchev–Trinajstić information content (AvgIpc) is 2.65. The van der Waals surface area contributed by atoms with Crippen LogP contribution in [0.1, 0.15) is 21.5 Å². The second-order valence-electron chi connectivity index (χ2n) is 6.00. The van der Waals surface area contributed by atoms with E-state index in [4.69, 9.17) is 0 Å². The van der Waals surface area contributed by atoms with Crippen molar-refractivity contribution in [2.75, 3.05) is 0 Å². The minimum absolute atomic E-state index is 0.0772. The van der Waals surface area contributed by atoms with Gasteiger partial charge in [-0.2, -0.15) is 13.8 Å². The van der Waals surface area contributed by atoms with E-state index in [9.17, 15) is 13.6 Å². The fourth-order valence-corrected chi connectivity index (χ4v) is 2.57. The molecule has 0 bridgehead atoms. The average molecular weight is 368 g/mol. The fraction of sp³-hybridized carbons (Fsp3) is 0.143. The predicted molar refractivity (Wildman–Crippen MR) is 97.7 cm³/mol. The first-order chi connectivity index (χ1) is 13.0. The Bertz CT molecular complexity index is 995. The molecule has 0 aliphatic rings. The first-order valence-electron chi connectivity index (χ1n) is 8.36. The quantitative estimate of drug-likeness (QED) is 0.678. The SMILES string of the molecule is Cc1ccc(Cn2ccccc2=NC(=O)c2cccc(OC(F)F)c2)cc1. The van der Waals surface area contributed by atoms with Crippen molar-refractivity contribution in [2.24, 2.45) is 4.99 Å². The highest BCUT2D eigenvalue weighted by Crippen LogP contribution is 2.16. The van der Waals surface area contributed by atoms with E-state index in [1.807, 2.05) is 48.0 Å². The zero-order valence-electron chi connectivity index (χ0n) is 14.7. The van der Waals surface area contributed by atoms with Gasteiger partial charge in [-0.25, -0.2) is 0 Å². The lowest BCUT2D eigenvalue weighted by Gasteiger charge is -2.08. The molecule has 0 fully saturated rings. The van der Waals surface area contributed by atoms with Gasteiger partial charge < -0.3 is 9.30 Å². The molecule has 0 radical (unpaired) electrons. The van der Waals surface area contributed by atoms with E-state index in [1.165, 1.54) is 29.8 Å². The summed E-state index contributed by atoms with van der Waals surface area (Å²) in [6, 6.07) is 19.1. The molecule has 1 heterocycles. The topological polar surface area (TPSA) is 43.6 Å². The first-order valence-corrected chi connectivity index (χ1v) is 8.36. The normalized spacial score (nSPS) is 11.6. The summed E-state index contributed by atoms with van der Waals surface area (Å²) in [6.07, 6.45) is 1.84. The van der Waals surface area contributed by atoms with Crippen LogP contribution in [-0.4, -0.2) is 17.1 Å². The van der Waals surface area contributed by atoms with E-state index in [1.54, 1.807) is 12.1 Å². The van der Waals surface area contributed by atoms with Crippen molar-refractivity contribution in [1.82, 2.24) is 4.57 Å². The number of halogens is 2. The van der Waals surface area contributed by atoms with Crippen molar-refractivity contribution in [3.8, 4) is 5.75 Å². The molecule has 0 aliphatic carbocycles. The van der Waals surface area contributed by atoms with Crippen LogP contribution in [0.5, 0.6) is 5.75 Å². The third-order valence-electron chi connectivity index (χ3n) is 3.91. The van der Waals surface area contributed by atoms with E-state index in [-0.39, 0.29) is 11.3 Å². The van der Waals surface area contributed by atoms with Crippen LogP contribution in [-0.2, 0) is 6.54 Å². The molecule has 27 heavy (non-hydrogen) atoms. The van der Waals surface area contributed by atoms with Crippen LogP contribution < -0.4 is 10.2 Å². The summed E-state index contributed by atoms with van der Waals surface area (Å²) in [5, 5.41) is 0. The van der Waals surface area contributed by atoms with Gasteiger partial charge in [0.2, 0.25) is 0 Å². The smallest absolute Gasteiger partial charge is 0.387 e. The summed E-state index contributed by atoms with van der Waals surface area (Å²) in [6.45, 7) is -0.370. The Morgan fingerprint density at radius 3 is 2.59 bits per heavy atom. The van der Waals surface area contributed by atoms with Crippen LogP contribution in [0.3, 0.4) is 0 Å². The molecule has 1 amide bonds. The van der Waals surface area contributed by atoms with Crippen molar-refractivity contribution < 1.29 is 18.3 Å². The molecule has 1 aromatic heterocycles. The van der Waals surface area contributed by atoms with Gasteiger partial charge >= 0.3 is 6.61 Å². The summed E-state index contributed by atoms with van der Waals surface area (Å²) in [5.74, 6) is -0.606. The summed E-state index contributed by atoms with van der Waals surface area (Å²) in [4.78, 5) is 16.6. The first kappa shape index (κ1) is 18.5. The largest absolute Gasteiger partial charge is 0.435 e. The maximum atomic E-state index is 12.5. The fourth-order valence-electron chi connectivity index (χ4n) is 2.57. The van der Waals surface area contributed by atoms with Crippen LogP contribution in [0, 0.1) is 6.92 Å². The molecule has 0 atom stereocenters. The molecule has 2 aromatic carbocycles. The molecule has 4 nitrogen and oxygen atoms in total. The molecule has 3 rings (SSSR count). The maximum absolute atomic E-state index is 12.5. The standard InChI is InChI=1S/C21H18F2N2O2/c1-15-8-10-16(11-9-15)14-25-12-3-2-7-19(25)24-20(26)17-5-4-6-18(13-17)27-21(22)23/h2-13,21H,14H2,1H3. The van der Waals surface area contributed by atoms with Gasteiger partial charge in [0.05, 0.1) is 0 Å². The Kier molecular flexibility index (Phi) is 5.76. The van der Waals surface area contributed by atoms with Gasteiger partial charge in [0.25, 0.3) is 5.91 Å². The Morgan fingerprint density at radius 2 is 1.85 bits per heavy atom. The van der Waals surface area contributed by atoms with Gasteiger partial charge in [0.1, 0.15) is 11.2 Å². The highest BCUT2D eigenvalue weighted by molar-refractivity contribution is 5.95. The number of amides is 1. The number of aryl methyl sites for hydroxylation is 1. The number of carbonyl (C=O) groups is 1. The lowest BCUT2D eigenvalue weighted by atomic mass is 10.1. The number of pyridine rings is 1. The molecule has 0 spiro atoms. The highest BCUT2D eigenvalue weighted by atomic mass is 19.3. The molecule has 138 valence electrons. The number of benzene rings is 2. The van der Waals surface area contributed by atoms with E-state index >= 15 is 0 Å². The minimum atomic E-state index is -2.95. The van der Waals surface area contributed by atoms with E-state index in [2.05, 4.69) is 9.73 Å². The van der Waals surface area contributed by atoms with Gasteiger partial charge in [-0.15, -0.1) is 0 Å². The molecule has 3 aromatic rings. The summed E-state index contributed by atoms with van der Waals surface area (Å²) in [7, 11) is 0. The third kappa shape index (κ3) is 5.10. The predicted octanol–water partition coefficient (Wildman–Crippen LogP) is 4.19. The van der Waals surface area contributed by atoms with Gasteiger partial charge in [0.15, 0.2) is 0 Å². The monoisotopic (exact) mass is 368 g/mol. The molecule has 0 N–H and O–H groups in total. The second kappa shape index (κ2) is 8.40. The number of hydrogen-bond acceptors (Lipinski definition) is 2.